The first kappa shape index (κ1) is 20.3. The fourth-order valence-electron chi connectivity index (χ4n) is 2.55. The zero-order valence-corrected chi connectivity index (χ0v) is 16.4. The molecule has 0 aliphatic heterocycles. The number of amides is 2. The molecule has 0 saturated carbocycles. The minimum absolute atomic E-state index is 0.0175. The van der Waals surface area contributed by atoms with Crippen molar-refractivity contribution in [1.82, 2.24) is 0 Å². The normalized spacial score (nSPS) is 12.2. The lowest BCUT2D eigenvalue weighted by atomic mass is 9.86. The molecule has 0 fully saturated rings. The molecule has 27 heavy (non-hydrogen) atoms. The molecule has 144 valence electrons. The van der Waals surface area contributed by atoms with E-state index in [1.165, 1.54) is 0 Å². The van der Waals surface area contributed by atoms with Gasteiger partial charge in [0.2, 0.25) is 11.8 Å². The van der Waals surface area contributed by atoms with E-state index in [0.717, 1.165) is 11.3 Å². The van der Waals surface area contributed by atoms with Crippen molar-refractivity contribution in [2.45, 2.75) is 39.2 Å². The third kappa shape index (κ3) is 5.23. The van der Waals surface area contributed by atoms with Gasteiger partial charge in [-0.2, -0.15) is 0 Å². The maximum atomic E-state index is 12.5. The second-order valence-corrected chi connectivity index (χ2v) is 7.46. The number of ether oxygens (including phenoxy) is 1. The molecule has 2 amide bonds. The number of hydrogen-bond acceptors (Lipinski definition) is 4. The molecule has 0 aliphatic carbocycles. The molecule has 0 saturated heterocycles. The molecule has 6 nitrogen and oxygen atoms in total. The highest BCUT2D eigenvalue weighted by Gasteiger charge is 2.19. The fraction of sp³-hybridized carbons (Fsp3) is 0.333. The van der Waals surface area contributed by atoms with Crippen molar-refractivity contribution in [2.24, 2.45) is 5.73 Å². The third-order valence-electron chi connectivity index (χ3n) is 4.27. The van der Waals surface area contributed by atoms with Gasteiger partial charge in [-0.15, -0.1) is 0 Å². The maximum absolute atomic E-state index is 12.5. The Labute approximate surface area is 160 Å². The second kappa shape index (κ2) is 8.12. The SMILES string of the molecule is COc1ccc(C(C)(C)C)cc1N[C@H](C)C(=O)Nc1ccc(C(N)=O)cc1. The summed E-state index contributed by atoms with van der Waals surface area (Å²) in [6.07, 6.45) is 0. The lowest BCUT2D eigenvalue weighted by Crippen LogP contribution is -2.32. The molecule has 0 aromatic heterocycles. The molecule has 0 aliphatic rings. The van der Waals surface area contributed by atoms with Crippen LogP contribution in [0.4, 0.5) is 11.4 Å². The van der Waals surface area contributed by atoms with E-state index in [-0.39, 0.29) is 11.3 Å². The molecule has 0 spiro atoms. The summed E-state index contributed by atoms with van der Waals surface area (Å²) in [7, 11) is 1.60. The standard InChI is InChI=1S/C21H27N3O3/c1-13(20(26)24-16-9-6-14(7-10-16)19(22)25)23-17-12-15(21(2,3)4)8-11-18(17)27-5/h6-13,23H,1-5H3,(H2,22,25)(H,24,26)/t13-/m1/s1. The predicted octanol–water partition coefficient (Wildman–Crippen LogP) is 3.53. The van der Waals surface area contributed by atoms with Gasteiger partial charge in [0.1, 0.15) is 11.8 Å². The Hall–Kier alpha value is -3.02. The van der Waals surface area contributed by atoms with Crippen LogP contribution in [0.3, 0.4) is 0 Å². The van der Waals surface area contributed by atoms with Crippen LogP contribution >= 0.6 is 0 Å². The molecular formula is C21H27N3O3. The minimum atomic E-state index is -0.506. The Kier molecular flexibility index (Phi) is 6.10. The molecule has 2 aromatic carbocycles. The molecular weight excluding hydrogens is 342 g/mol. The van der Waals surface area contributed by atoms with Crippen LogP contribution < -0.4 is 21.1 Å². The van der Waals surface area contributed by atoms with Gasteiger partial charge < -0.3 is 21.1 Å². The zero-order chi connectivity index (χ0) is 20.2. The highest BCUT2D eigenvalue weighted by molar-refractivity contribution is 5.97. The first-order chi connectivity index (χ1) is 12.6. The van der Waals surface area contributed by atoms with E-state index in [0.29, 0.717) is 17.0 Å². The van der Waals surface area contributed by atoms with Gasteiger partial charge in [0.15, 0.2) is 0 Å². The average Bonchev–Trinajstić information content (AvgIpc) is 2.61. The Bertz CT molecular complexity index is 824. The van der Waals surface area contributed by atoms with Gasteiger partial charge >= 0.3 is 0 Å². The van der Waals surface area contributed by atoms with Crippen molar-refractivity contribution in [3.05, 3.63) is 53.6 Å². The summed E-state index contributed by atoms with van der Waals surface area (Å²) < 4.78 is 5.41. The maximum Gasteiger partial charge on any atom is 0.248 e. The van der Waals surface area contributed by atoms with Gasteiger partial charge in [-0.25, -0.2) is 0 Å². The second-order valence-electron chi connectivity index (χ2n) is 7.46. The van der Waals surface area contributed by atoms with Crippen LogP contribution in [0.25, 0.3) is 0 Å². The first-order valence-corrected chi connectivity index (χ1v) is 8.77. The lowest BCUT2D eigenvalue weighted by Gasteiger charge is -2.23. The van der Waals surface area contributed by atoms with E-state index >= 15 is 0 Å². The zero-order valence-electron chi connectivity index (χ0n) is 16.4. The lowest BCUT2D eigenvalue weighted by molar-refractivity contribution is -0.116. The number of carbonyl (C=O) groups is 2. The molecule has 0 heterocycles. The van der Waals surface area contributed by atoms with E-state index in [4.69, 9.17) is 10.5 Å². The smallest absolute Gasteiger partial charge is 0.248 e. The van der Waals surface area contributed by atoms with Crippen LogP contribution in [0.2, 0.25) is 0 Å². The van der Waals surface area contributed by atoms with Crippen LogP contribution in [0.5, 0.6) is 5.75 Å². The summed E-state index contributed by atoms with van der Waals surface area (Å²) in [5.74, 6) is -0.0350. The Morgan fingerprint density at radius 3 is 2.22 bits per heavy atom. The molecule has 0 radical (unpaired) electrons. The van der Waals surface area contributed by atoms with Gasteiger partial charge in [-0.3, -0.25) is 9.59 Å². The summed E-state index contributed by atoms with van der Waals surface area (Å²) in [5, 5.41) is 6.03. The van der Waals surface area contributed by atoms with E-state index in [1.807, 2.05) is 18.2 Å². The average molecular weight is 369 g/mol. The van der Waals surface area contributed by atoms with Gasteiger partial charge in [0.25, 0.3) is 0 Å². The number of hydrogen-bond donors (Lipinski definition) is 3. The van der Waals surface area contributed by atoms with Crippen molar-refractivity contribution >= 4 is 23.2 Å². The number of carbonyl (C=O) groups excluding carboxylic acids is 2. The number of methoxy groups -OCH3 is 1. The molecule has 2 rings (SSSR count). The number of benzene rings is 2. The summed E-state index contributed by atoms with van der Waals surface area (Å²) in [6.45, 7) is 8.16. The number of rotatable bonds is 6. The minimum Gasteiger partial charge on any atom is -0.495 e. The quantitative estimate of drug-likeness (QED) is 0.726. The van der Waals surface area contributed by atoms with Crippen molar-refractivity contribution in [1.29, 1.82) is 0 Å². The molecule has 2 aromatic rings. The van der Waals surface area contributed by atoms with E-state index in [9.17, 15) is 9.59 Å². The first-order valence-electron chi connectivity index (χ1n) is 8.77. The molecule has 4 N–H and O–H groups in total. The third-order valence-corrected chi connectivity index (χ3v) is 4.27. The van der Waals surface area contributed by atoms with Crippen LogP contribution in [0.1, 0.15) is 43.6 Å². The molecule has 0 unspecified atom stereocenters. The van der Waals surface area contributed by atoms with Gasteiger partial charge in [0.05, 0.1) is 12.8 Å². The number of primary amides is 1. The summed E-state index contributed by atoms with van der Waals surface area (Å²) in [4.78, 5) is 23.6. The van der Waals surface area contributed by atoms with E-state index in [1.54, 1.807) is 38.3 Å². The fourth-order valence-corrected chi connectivity index (χ4v) is 2.55. The van der Waals surface area contributed by atoms with Crippen molar-refractivity contribution < 1.29 is 14.3 Å². The Morgan fingerprint density at radius 2 is 1.70 bits per heavy atom. The summed E-state index contributed by atoms with van der Waals surface area (Å²) in [6, 6.07) is 11.9. The highest BCUT2D eigenvalue weighted by atomic mass is 16.5. The largest absolute Gasteiger partial charge is 0.495 e. The number of nitrogens with one attached hydrogen (secondary N) is 2. The van der Waals surface area contributed by atoms with Gasteiger partial charge in [-0.05, 0) is 54.3 Å². The van der Waals surface area contributed by atoms with Crippen LogP contribution in [-0.2, 0) is 10.2 Å². The van der Waals surface area contributed by atoms with Crippen LogP contribution in [0, 0.1) is 0 Å². The van der Waals surface area contributed by atoms with Crippen molar-refractivity contribution in [3.8, 4) is 5.75 Å². The highest BCUT2D eigenvalue weighted by Crippen LogP contribution is 2.31. The predicted molar refractivity (Wildman–Crippen MR) is 108 cm³/mol. The Morgan fingerprint density at radius 1 is 1.07 bits per heavy atom. The molecule has 1 atom stereocenters. The van der Waals surface area contributed by atoms with E-state index < -0.39 is 11.9 Å². The number of anilines is 2. The molecule has 0 bridgehead atoms. The van der Waals surface area contributed by atoms with Crippen molar-refractivity contribution in [2.75, 3.05) is 17.7 Å². The summed E-state index contributed by atoms with van der Waals surface area (Å²) >= 11 is 0. The van der Waals surface area contributed by atoms with Gasteiger partial charge in [0, 0.05) is 11.3 Å². The Balaban J connectivity index is 2.12. The topological polar surface area (TPSA) is 93.4 Å². The number of nitrogens with two attached hydrogens (primary N) is 1. The van der Waals surface area contributed by atoms with Crippen LogP contribution in [-0.4, -0.2) is 25.0 Å². The molecule has 6 heteroatoms. The van der Waals surface area contributed by atoms with Crippen molar-refractivity contribution in [3.63, 3.8) is 0 Å². The summed E-state index contributed by atoms with van der Waals surface area (Å²) in [5.41, 5.74) is 8.09. The van der Waals surface area contributed by atoms with Crippen LogP contribution in [0.15, 0.2) is 42.5 Å². The van der Waals surface area contributed by atoms with Gasteiger partial charge in [-0.1, -0.05) is 26.8 Å². The van der Waals surface area contributed by atoms with E-state index in [2.05, 4.69) is 31.4 Å². The monoisotopic (exact) mass is 369 g/mol.